The number of hydrogen-bond donors (Lipinski definition) is 1. The summed E-state index contributed by atoms with van der Waals surface area (Å²) in [5, 5.41) is 8.30. The van der Waals surface area contributed by atoms with E-state index in [1.807, 2.05) is 12.1 Å². The van der Waals surface area contributed by atoms with Crippen molar-refractivity contribution < 1.29 is 0 Å². The molecule has 1 atom stereocenters. The lowest BCUT2D eigenvalue weighted by Gasteiger charge is -2.24. The summed E-state index contributed by atoms with van der Waals surface area (Å²) in [6, 6.07) is 4.92. The van der Waals surface area contributed by atoms with E-state index in [2.05, 4.69) is 34.3 Å². The van der Waals surface area contributed by atoms with E-state index < -0.39 is 0 Å². The lowest BCUT2D eigenvalue weighted by atomic mass is 10.3. The van der Waals surface area contributed by atoms with Crippen molar-refractivity contribution in [2.45, 2.75) is 31.8 Å². The number of pyridine rings is 1. The highest BCUT2D eigenvalue weighted by atomic mass is 35.5. The van der Waals surface area contributed by atoms with Crippen LogP contribution in [0.3, 0.4) is 0 Å². The van der Waals surface area contributed by atoms with Gasteiger partial charge in [0.2, 0.25) is 5.95 Å². The van der Waals surface area contributed by atoms with E-state index in [-0.39, 0.29) is 0 Å². The van der Waals surface area contributed by atoms with Crippen LogP contribution >= 0.6 is 11.6 Å². The summed E-state index contributed by atoms with van der Waals surface area (Å²) in [6.07, 6.45) is 4.41. The highest BCUT2D eigenvalue weighted by Crippen LogP contribution is 2.26. The number of anilines is 1. The molecular weight excluding hydrogens is 262 g/mol. The van der Waals surface area contributed by atoms with Crippen LogP contribution in [0.1, 0.15) is 19.8 Å². The molecule has 2 aromatic heterocycles. The van der Waals surface area contributed by atoms with E-state index in [0.29, 0.717) is 17.0 Å². The van der Waals surface area contributed by atoms with Gasteiger partial charge in [-0.25, -0.2) is 4.52 Å². The first-order valence-electron chi connectivity index (χ1n) is 6.61. The molecule has 102 valence electrons. The molecule has 1 saturated carbocycles. The molecule has 3 rings (SSSR count). The standard InChI is InChI=1S/C13H18ClN5/c1-9(18(2)11-4-5-11)7-15-13-16-12-6-3-10(14)8-19(12)17-13/h3,6,8-9,11H,4-5,7H2,1-2H3,(H,15,17). The smallest absolute Gasteiger partial charge is 0.243 e. The summed E-state index contributed by atoms with van der Waals surface area (Å²) < 4.78 is 1.69. The number of fused-ring (bicyclic) bond motifs is 1. The predicted octanol–water partition coefficient (Wildman–Crippen LogP) is 2.28. The van der Waals surface area contributed by atoms with Gasteiger partial charge in [-0.3, -0.25) is 4.90 Å². The summed E-state index contributed by atoms with van der Waals surface area (Å²) >= 11 is 5.92. The number of nitrogens with one attached hydrogen (secondary N) is 1. The van der Waals surface area contributed by atoms with Crippen LogP contribution in [-0.2, 0) is 0 Å². The molecule has 0 amide bonds. The van der Waals surface area contributed by atoms with Crippen LogP contribution in [0.25, 0.3) is 5.65 Å². The first kappa shape index (κ1) is 12.7. The Morgan fingerprint density at radius 3 is 3.05 bits per heavy atom. The Labute approximate surface area is 117 Å². The zero-order chi connectivity index (χ0) is 13.4. The number of hydrogen-bond acceptors (Lipinski definition) is 4. The highest BCUT2D eigenvalue weighted by Gasteiger charge is 2.28. The summed E-state index contributed by atoms with van der Waals surface area (Å²) in [5.41, 5.74) is 0.801. The first-order valence-corrected chi connectivity index (χ1v) is 6.99. The van der Waals surface area contributed by atoms with Crippen molar-refractivity contribution in [3.63, 3.8) is 0 Å². The fourth-order valence-corrected chi connectivity index (χ4v) is 2.31. The van der Waals surface area contributed by atoms with Crippen molar-refractivity contribution in [2.24, 2.45) is 0 Å². The quantitative estimate of drug-likeness (QED) is 0.912. The van der Waals surface area contributed by atoms with Crippen LogP contribution in [0.5, 0.6) is 0 Å². The summed E-state index contributed by atoms with van der Waals surface area (Å²) in [4.78, 5) is 6.83. The Morgan fingerprint density at radius 2 is 2.32 bits per heavy atom. The molecule has 1 aliphatic carbocycles. The van der Waals surface area contributed by atoms with E-state index in [9.17, 15) is 0 Å². The number of halogens is 1. The SMILES string of the molecule is CC(CNc1nc2ccc(Cl)cn2n1)N(C)C1CC1. The van der Waals surface area contributed by atoms with Gasteiger partial charge in [-0.15, -0.1) is 5.10 Å². The Kier molecular flexibility index (Phi) is 3.33. The van der Waals surface area contributed by atoms with Gasteiger partial charge in [-0.1, -0.05) is 11.6 Å². The Balaban J connectivity index is 1.64. The lowest BCUT2D eigenvalue weighted by Crippen LogP contribution is -2.36. The molecule has 19 heavy (non-hydrogen) atoms. The van der Waals surface area contributed by atoms with E-state index >= 15 is 0 Å². The molecular formula is C13H18ClN5. The van der Waals surface area contributed by atoms with E-state index in [1.54, 1.807) is 10.7 Å². The first-order chi connectivity index (χ1) is 9.13. The molecule has 0 saturated heterocycles. The fourth-order valence-electron chi connectivity index (χ4n) is 2.16. The zero-order valence-electron chi connectivity index (χ0n) is 11.2. The fraction of sp³-hybridized carbons (Fsp3) is 0.538. The van der Waals surface area contributed by atoms with Crippen LogP contribution in [0, 0.1) is 0 Å². The minimum absolute atomic E-state index is 0.475. The van der Waals surface area contributed by atoms with Gasteiger partial charge in [0.05, 0.1) is 5.02 Å². The molecule has 0 radical (unpaired) electrons. The Bertz CT molecular complexity index is 577. The average molecular weight is 280 g/mol. The highest BCUT2D eigenvalue weighted by molar-refractivity contribution is 6.30. The van der Waals surface area contributed by atoms with Gasteiger partial charge < -0.3 is 5.32 Å². The second kappa shape index (κ2) is 4.98. The van der Waals surface area contributed by atoms with Crippen LogP contribution < -0.4 is 5.32 Å². The molecule has 0 aliphatic heterocycles. The van der Waals surface area contributed by atoms with Gasteiger partial charge in [0.25, 0.3) is 0 Å². The molecule has 0 aromatic carbocycles. The molecule has 1 aliphatic rings. The molecule has 6 heteroatoms. The van der Waals surface area contributed by atoms with Crippen molar-refractivity contribution in [3.8, 4) is 0 Å². The van der Waals surface area contributed by atoms with Crippen molar-refractivity contribution in [3.05, 3.63) is 23.4 Å². The zero-order valence-corrected chi connectivity index (χ0v) is 11.9. The van der Waals surface area contributed by atoms with Crippen LogP contribution in [0.15, 0.2) is 18.3 Å². The third kappa shape index (κ3) is 2.82. The van der Waals surface area contributed by atoms with E-state index in [1.165, 1.54) is 12.8 Å². The molecule has 0 bridgehead atoms. The number of likely N-dealkylation sites (N-methyl/N-ethyl adjacent to an activating group) is 1. The maximum atomic E-state index is 5.92. The molecule has 1 unspecified atom stereocenters. The van der Waals surface area contributed by atoms with Crippen molar-refractivity contribution in [1.82, 2.24) is 19.5 Å². The van der Waals surface area contributed by atoms with E-state index in [4.69, 9.17) is 11.6 Å². The second-order valence-electron chi connectivity index (χ2n) is 5.21. The molecule has 1 N–H and O–H groups in total. The normalized spacial score (nSPS) is 17.1. The third-order valence-corrected chi connectivity index (χ3v) is 3.89. The number of rotatable bonds is 5. The minimum atomic E-state index is 0.475. The molecule has 1 fully saturated rings. The van der Waals surface area contributed by atoms with Gasteiger partial charge >= 0.3 is 0 Å². The Hall–Kier alpha value is -1.33. The van der Waals surface area contributed by atoms with E-state index in [0.717, 1.165) is 18.2 Å². The molecule has 2 aromatic rings. The number of nitrogens with zero attached hydrogens (tertiary/aromatic N) is 4. The molecule has 0 spiro atoms. The minimum Gasteiger partial charge on any atom is -0.351 e. The van der Waals surface area contributed by atoms with Gasteiger partial charge in [-0.05, 0) is 38.9 Å². The Morgan fingerprint density at radius 1 is 1.53 bits per heavy atom. The number of aromatic nitrogens is 3. The topological polar surface area (TPSA) is 45.5 Å². The summed E-state index contributed by atoms with van der Waals surface area (Å²) in [7, 11) is 2.18. The van der Waals surface area contributed by atoms with Gasteiger partial charge in [0.15, 0.2) is 5.65 Å². The predicted molar refractivity (Wildman–Crippen MR) is 76.7 cm³/mol. The van der Waals surface area contributed by atoms with Gasteiger partial charge in [0, 0.05) is 24.8 Å². The molecule has 5 nitrogen and oxygen atoms in total. The van der Waals surface area contributed by atoms with Crippen molar-refractivity contribution in [2.75, 3.05) is 18.9 Å². The maximum absolute atomic E-state index is 5.92. The van der Waals surface area contributed by atoms with Crippen LogP contribution in [0.2, 0.25) is 5.02 Å². The van der Waals surface area contributed by atoms with Crippen molar-refractivity contribution >= 4 is 23.2 Å². The van der Waals surface area contributed by atoms with Crippen LogP contribution in [0.4, 0.5) is 5.95 Å². The monoisotopic (exact) mass is 279 g/mol. The lowest BCUT2D eigenvalue weighted by molar-refractivity contribution is 0.257. The largest absolute Gasteiger partial charge is 0.351 e. The average Bonchev–Trinajstić information content (AvgIpc) is 3.16. The second-order valence-corrected chi connectivity index (χ2v) is 5.65. The summed E-state index contributed by atoms with van der Waals surface area (Å²) in [6.45, 7) is 3.07. The maximum Gasteiger partial charge on any atom is 0.243 e. The summed E-state index contributed by atoms with van der Waals surface area (Å²) in [5.74, 6) is 0.651. The van der Waals surface area contributed by atoms with Crippen molar-refractivity contribution in [1.29, 1.82) is 0 Å². The van der Waals surface area contributed by atoms with Crippen LogP contribution in [-0.4, -0.2) is 45.2 Å². The third-order valence-electron chi connectivity index (χ3n) is 3.67. The molecule has 2 heterocycles. The van der Waals surface area contributed by atoms with Gasteiger partial charge in [0.1, 0.15) is 0 Å². The van der Waals surface area contributed by atoms with Gasteiger partial charge in [-0.2, -0.15) is 4.98 Å².